The van der Waals surface area contributed by atoms with Gasteiger partial charge in [-0.1, -0.05) is 11.6 Å². The van der Waals surface area contributed by atoms with E-state index in [-0.39, 0.29) is 5.97 Å². The van der Waals surface area contributed by atoms with Crippen LogP contribution in [-0.2, 0) is 9.53 Å². The second-order valence-electron chi connectivity index (χ2n) is 3.09. The molecule has 0 aromatic heterocycles. The molecule has 0 unspecified atom stereocenters. The van der Waals surface area contributed by atoms with Crippen molar-refractivity contribution >= 4 is 39.3 Å². The first-order valence-electron chi connectivity index (χ1n) is 4.29. The molecule has 0 amide bonds. The summed E-state index contributed by atoms with van der Waals surface area (Å²) in [5.41, 5.74) is 0. The number of nitrogens with zero attached hydrogens (tertiary/aromatic N) is 1. The lowest BCUT2D eigenvalue weighted by atomic mass is 10.3. The predicted molar refractivity (Wildman–Crippen MR) is 60.0 cm³/mol. The molecule has 0 spiro atoms. The number of carbonyl (C=O) groups is 1. The van der Waals surface area contributed by atoms with Gasteiger partial charge in [0.2, 0.25) is 0 Å². The quantitative estimate of drug-likeness (QED) is 0.733. The smallest absolute Gasteiger partial charge is 0.307 e. The first kappa shape index (κ1) is 10.6. The number of hydrogen-bond donors (Lipinski definition) is 0. The molecule has 1 heterocycles. The lowest BCUT2D eigenvalue weighted by Gasteiger charge is -2.01. The summed E-state index contributed by atoms with van der Waals surface area (Å²) in [6.45, 7) is 1.72. The molecule has 0 bridgehead atoms. The van der Waals surface area contributed by atoms with E-state index in [0.29, 0.717) is 22.5 Å². The highest BCUT2D eigenvalue weighted by molar-refractivity contribution is 9.10. The molecule has 1 aliphatic rings. The summed E-state index contributed by atoms with van der Waals surface area (Å²) >= 11 is 9.41. The number of halogens is 2. The van der Waals surface area contributed by atoms with Crippen LogP contribution in [-0.4, -0.2) is 12.5 Å². The zero-order valence-electron chi connectivity index (χ0n) is 7.88. The van der Waals surface area contributed by atoms with Crippen LogP contribution in [0, 0.1) is 0 Å². The molecule has 1 aromatic carbocycles. The molecule has 1 aliphatic heterocycles. The van der Waals surface area contributed by atoms with Crippen molar-refractivity contribution in [3.05, 3.63) is 32.2 Å². The topological polar surface area (TPSA) is 38.7 Å². The van der Waals surface area contributed by atoms with Crippen LogP contribution < -0.4 is 10.6 Å². The molecule has 5 heteroatoms. The van der Waals surface area contributed by atoms with Crippen LogP contribution in [0.25, 0.3) is 5.76 Å². The second-order valence-corrected chi connectivity index (χ2v) is 4.32. The Morgan fingerprint density at radius 1 is 1.60 bits per heavy atom. The molecule has 0 saturated carbocycles. The van der Waals surface area contributed by atoms with Gasteiger partial charge in [0.15, 0.2) is 0 Å². The lowest BCUT2D eigenvalue weighted by molar-refractivity contribution is -0.134. The third-order valence-electron chi connectivity index (χ3n) is 2.01. The zero-order valence-corrected chi connectivity index (χ0v) is 10.2. The number of fused-ring (bicyclic) bond motifs is 1. The third-order valence-corrected chi connectivity index (χ3v) is 3.29. The van der Waals surface area contributed by atoms with E-state index in [9.17, 15) is 4.79 Å². The Morgan fingerprint density at radius 2 is 2.33 bits per heavy atom. The molecule has 0 radical (unpaired) electrons. The van der Waals surface area contributed by atoms with Crippen molar-refractivity contribution in [1.29, 1.82) is 0 Å². The maximum Gasteiger partial charge on any atom is 0.307 e. The maximum absolute atomic E-state index is 10.9. The van der Waals surface area contributed by atoms with Crippen LogP contribution >= 0.6 is 27.5 Å². The maximum atomic E-state index is 10.9. The number of esters is 1. The fraction of sp³-hybridized carbons (Fsp3) is 0.200. The Balaban J connectivity index is 2.70. The zero-order chi connectivity index (χ0) is 11.0. The van der Waals surface area contributed by atoms with Gasteiger partial charge in [-0.3, -0.25) is 9.79 Å². The van der Waals surface area contributed by atoms with Gasteiger partial charge in [0.25, 0.3) is 0 Å². The van der Waals surface area contributed by atoms with Crippen molar-refractivity contribution in [1.82, 2.24) is 0 Å². The Morgan fingerprint density at radius 3 is 3.00 bits per heavy atom. The van der Waals surface area contributed by atoms with Gasteiger partial charge in [0, 0.05) is 11.4 Å². The summed E-state index contributed by atoms with van der Waals surface area (Å²) in [7, 11) is 0. The summed E-state index contributed by atoms with van der Waals surface area (Å²) < 4.78 is 5.82. The van der Waals surface area contributed by atoms with Crippen LogP contribution in [0.15, 0.2) is 21.6 Å². The Bertz CT molecular complexity index is 553. The van der Waals surface area contributed by atoms with E-state index >= 15 is 0 Å². The number of rotatable bonds is 1. The Hall–Kier alpha value is -0.870. The average molecular weight is 289 g/mol. The van der Waals surface area contributed by atoms with E-state index in [2.05, 4.69) is 20.9 Å². The standard InChI is InChI=1S/C10H7BrClNO2/c1-5(14)15-8-4-13-7-3-2-6(11)10(12)9(7)8/h2-3H,4H2,1H3. The van der Waals surface area contributed by atoms with E-state index in [4.69, 9.17) is 16.3 Å². The normalized spacial score (nSPS) is 13.4. The van der Waals surface area contributed by atoms with Gasteiger partial charge in [-0.2, -0.15) is 0 Å². The average Bonchev–Trinajstić information content (AvgIpc) is 2.55. The van der Waals surface area contributed by atoms with Crippen LogP contribution in [0.5, 0.6) is 0 Å². The van der Waals surface area contributed by atoms with Crippen molar-refractivity contribution < 1.29 is 9.53 Å². The van der Waals surface area contributed by atoms with Crippen LogP contribution in [0.3, 0.4) is 0 Å². The minimum atomic E-state index is -0.357. The van der Waals surface area contributed by atoms with Crippen molar-refractivity contribution in [3.63, 3.8) is 0 Å². The number of benzene rings is 1. The lowest BCUT2D eigenvalue weighted by Crippen LogP contribution is -2.25. The molecule has 0 aliphatic carbocycles. The van der Waals surface area contributed by atoms with Gasteiger partial charge >= 0.3 is 5.97 Å². The van der Waals surface area contributed by atoms with E-state index in [1.165, 1.54) is 6.92 Å². The SMILES string of the molecule is CC(=O)OC1=c2c(Cl)c(Br)ccc2=NC1. The largest absolute Gasteiger partial charge is 0.428 e. The minimum Gasteiger partial charge on any atom is -0.428 e. The molecule has 0 N–H and O–H groups in total. The van der Waals surface area contributed by atoms with Crippen molar-refractivity contribution in [3.8, 4) is 0 Å². The van der Waals surface area contributed by atoms with Crippen molar-refractivity contribution in [2.24, 2.45) is 4.99 Å². The van der Waals surface area contributed by atoms with E-state index in [1.807, 2.05) is 12.1 Å². The van der Waals surface area contributed by atoms with Crippen LogP contribution in [0.4, 0.5) is 0 Å². The molecule has 78 valence electrons. The van der Waals surface area contributed by atoms with Crippen molar-refractivity contribution in [2.75, 3.05) is 6.54 Å². The van der Waals surface area contributed by atoms with E-state index in [1.54, 1.807) is 0 Å². The predicted octanol–water partition coefficient (Wildman–Crippen LogP) is 1.41. The highest BCUT2D eigenvalue weighted by Gasteiger charge is 2.14. The summed E-state index contributed by atoms with van der Waals surface area (Å²) in [6.07, 6.45) is 0. The summed E-state index contributed by atoms with van der Waals surface area (Å²) in [5, 5.41) is 2.01. The number of hydrogen-bond acceptors (Lipinski definition) is 3. The van der Waals surface area contributed by atoms with Crippen molar-refractivity contribution in [2.45, 2.75) is 6.92 Å². The minimum absolute atomic E-state index is 0.357. The molecular weight excluding hydrogens is 281 g/mol. The molecule has 3 nitrogen and oxygen atoms in total. The highest BCUT2D eigenvalue weighted by atomic mass is 79.9. The number of carbonyl (C=O) groups excluding carboxylic acids is 1. The molecule has 0 atom stereocenters. The van der Waals surface area contributed by atoms with Gasteiger partial charge in [-0.05, 0) is 28.1 Å². The molecule has 0 fully saturated rings. The van der Waals surface area contributed by atoms with Gasteiger partial charge in [-0.25, -0.2) is 0 Å². The molecule has 2 rings (SSSR count). The van der Waals surface area contributed by atoms with E-state index in [0.717, 1.165) is 9.83 Å². The Labute approximate surface area is 99.5 Å². The van der Waals surface area contributed by atoms with E-state index < -0.39 is 0 Å². The highest BCUT2D eigenvalue weighted by Crippen LogP contribution is 2.18. The summed E-state index contributed by atoms with van der Waals surface area (Å²) in [5.74, 6) is 0.160. The molecule has 1 aromatic rings. The van der Waals surface area contributed by atoms with Gasteiger partial charge in [-0.15, -0.1) is 0 Å². The molecule has 0 saturated heterocycles. The van der Waals surface area contributed by atoms with Crippen LogP contribution in [0.2, 0.25) is 5.02 Å². The summed E-state index contributed by atoms with van der Waals surface area (Å²) in [6, 6.07) is 3.66. The van der Waals surface area contributed by atoms with Gasteiger partial charge in [0.1, 0.15) is 5.76 Å². The van der Waals surface area contributed by atoms with Gasteiger partial charge in [0.05, 0.1) is 22.1 Å². The first-order chi connectivity index (χ1) is 7.09. The summed E-state index contributed by atoms with van der Waals surface area (Å²) in [4.78, 5) is 15.1. The second kappa shape index (κ2) is 3.94. The fourth-order valence-corrected chi connectivity index (χ4v) is 2.03. The first-order valence-corrected chi connectivity index (χ1v) is 5.47. The number of ether oxygens (including phenoxy) is 1. The monoisotopic (exact) mass is 287 g/mol. The molecule has 15 heavy (non-hydrogen) atoms. The van der Waals surface area contributed by atoms with Crippen LogP contribution in [0.1, 0.15) is 6.92 Å². The molecular formula is C10H7BrClNO2. The Kier molecular flexibility index (Phi) is 2.80. The van der Waals surface area contributed by atoms with Gasteiger partial charge < -0.3 is 4.74 Å². The fourth-order valence-electron chi connectivity index (χ4n) is 1.43. The third kappa shape index (κ3) is 1.92.